The van der Waals surface area contributed by atoms with E-state index in [-0.39, 0.29) is 17.9 Å². The summed E-state index contributed by atoms with van der Waals surface area (Å²) in [4.78, 5) is 35.7. The second kappa shape index (κ2) is 9.72. The van der Waals surface area contributed by atoms with Crippen molar-refractivity contribution in [2.45, 2.75) is 18.9 Å². The summed E-state index contributed by atoms with van der Waals surface area (Å²) in [6.45, 7) is 5.16. The molecule has 9 heteroatoms. The van der Waals surface area contributed by atoms with Crippen LogP contribution in [0.1, 0.15) is 29.2 Å². The van der Waals surface area contributed by atoms with Gasteiger partial charge in [-0.3, -0.25) is 9.59 Å². The third-order valence-corrected chi connectivity index (χ3v) is 8.58. The van der Waals surface area contributed by atoms with Gasteiger partial charge in [0.25, 0.3) is 5.91 Å². The van der Waals surface area contributed by atoms with Crippen LogP contribution in [0.15, 0.2) is 78.2 Å². The van der Waals surface area contributed by atoms with Gasteiger partial charge in [-0.1, -0.05) is 36.9 Å². The number of halogens is 1. The first-order valence-electron chi connectivity index (χ1n) is 12.6. The molecule has 2 atom stereocenters. The number of benzene rings is 2. The smallest absolute Gasteiger partial charge is 0.255 e. The summed E-state index contributed by atoms with van der Waals surface area (Å²) in [5, 5.41) is 3.71. The maximum atomic E-state index is 12.8. The minimum atomic E-state index is -0.173. The molecule has 2 fully saturated rings. The van der Waals surface area contributed by atoms with Crippen molar-refractivity contribution < 1.29 is 9.59 Å². The Morgan fingerprint density at radius 1 is 1.03 bits per heavy atom. The fraction of sp³-hybridized carbons (Fsp3) is 0.241. The first-order valence-corrected chi connectivity index (χ1v) is 13.4. The van der Waals surface area contributed by atoms with E-state index in [1.54, 1.807) is 0 Å². The van der Waals surface area contributed by atoms with Crippen LogP contribution >= 0.6 is 15.9 Å². The lowest BCUT2D eigenvalue weighted by Gasteiger charge is -2.20. The largest absolute Gasteiger partial charge is 0.383 e. The van der Waals surface area contributed by atoms with Crippen LogP contribution in [0.5, 0.6) is 0 Å². The zero-order valence-corrected chi connectivity index (χ0v) is 22.3. The van der Waals surface area contributed by atoms with E-state index in [0.29, 0.717) is 23.2 Å². The molecule has 3 N–H and O–H groups in total. The Morgan fingerprint density at radius 2 is 1.71 bits per heavy atom. The van der Waals surface area contributed by atoms with E-state index in [1.807, 2.05) is 59.5 Å². The first-order chi connectivity index (χ1) is 18.4. The maximum absolute atomic E-state index is 12.8. The number of carbonyl (C=O) groups is 2. The molecule has 1 saturated carbocycles. The molecule has 8 nitrogen and oxygen atoms in total. The maximum Gasteiger partial charge on any atom is 0.255 e. The number of rotatable bonds is 5. The molecule has 3 heterocycles. The van der Waals surface area contributed by atoms with Crippen LogP contribution in [0.3, 0.4) is 0 Å². The van der Waals surface area contributed by atoms with Gasteiger partial charge in [-0.15, -0.1) is 0 Å². The summed E-state index contributed by atoms with van der Waals surface area (Å²) in [6.07, 6.45) is 4.81. The van der Waals surface area contributed by atoms with Crippen molar-refractivity contribution >= 4 is 50.3 Å². The molecule has 2 unspecified atom stereocenters. The van der Waals surface area contributed by atoms with Crippen LogP contribution in [0.4, 0.5) is 11.5 Å². The Morgan fingerprint density at radius 3 is 2.37 bits per heavy atom. The van der Waals surface area contributed by atoms with Crippen molar-refractivity contribution in [1.29, 1.82) is 0 Å². The summed E-state index contributed by atoms with van der Waals surface area (Å²) >= 11 is 3.88. The van der Waals surface area contributed by atoms with Crippen LogP contribution in [0.25, 0.3) is 22.2 Å². The van der Waals surface area contributed by atoms with Gasteiger partial charge >= 0.3 is 0 Å². The van der Waals surface area contributed by atoms with Gasteiger partial charge in [0, 0.05) is 35.9 Å². The zero-order valence-electron chi connectivity index (χ0n) is 20.7. The highest BCUT2D eigenvalue weighted by molar-refractivity contribution is 9.10. The average molecular weight is 571 g/mol. The first kappa shape index (κ1) is 24.4. The number of anilines is 2. The molecule has 0 spiro atoms. The Bertz CT molecular complexity index is 1540. The highest BCUT2D eigenvalue weighted by Crippen LogP contribution is 2.49. The van der Waals surface area contributed by atoms with Gasteiger partial charge in [-0.05, 0) is 76.5 Å². The number of amides is 2. The van der Waals surface area contributed by atoms with Gasteiger partial charge in [0.15, 0.2) is 0 Å². The van der Waals surface area contributed by atoms with E-state index in [0.717, 1.165) is 58.4 Å². The topological polar surface area (TPSA) is 106 Å². The summed E-state index contributed by atoms with van der Waals surface area (Å²) < 4.78 is 3.13. The van der Waals surface area contributed by atoms with Crippen molar-refractivity contribution in [1.82, 2.24) is 19.4 Å². The molecule has 6 rings (SSSR count). The zero-order chi connectivity index (χ0) is 26.4. The molecule has 0 bridgehead atoms. The fourth-order valence-corrected chi connectivity index (χ4v) is 6.91. The molecule has 0 radical (unpaired) electrons. The Labute approximate surface area is 228 Å². The van der Waals surface area contributed by atoms with Crippen LogP contribution < -0.4 is 11.1 Å². The number of para-hydroxylation sites is 1. The van der Waals surface area contributed by atoms with Crippen molar-refractivity contribution in [3.8, 4) is 11.1 Å². The third-order valence-electron chi connectivity index (χ3n) is 7.80. The molecular weight excluding hydrogens is 544 g/mol. The number of nitrogens with one attached hydrogen (secondary N) is 1. The molecule has 2 amide bonds. The number of hydrogen-bond acceptors (Lipinski definition) is 5. The lowest BCUT2D eigenvalue weighted by molar-refractivity contribution is -0.125. The molecule has 1 saturated heterocycles. The lowest BCUT2D eigenvalue weighted by atomic mass is 10.0. The minimum Gasteiger partial charge on any atom is -0.383 e. The van der Waals surface area contributed by atoms with Crippen molar-refractivity contribution in [2.75, 3.05) is 24.1 Å². The predicted octanol–water partition coefficient (Wildman–Crippen LogP) is 5.29. The number of nitrogens with two attached hydrogens (primary N) is 1. The lowest BCUT2D eigenvalue weighted by Crippen LogP contribution is -2.28. The number of aromatic nitrogens is 3. The van der Waals surface area contributed by atoms with Crippen LogP contribution in [-0.4, -0.2) is 44.3 Å². The molecule has 2 aromatic carbocycles. The third kappa shape index (κ3) is 4.16. The highest BCUT2D eigenvalue weighted by atomic mass is 79.9. The number of hydrogen-bond donors (Lipinski definition) is 2. The van der Waals surface area contributed by atoms with Crippen molar-refractivity contribution in [3.05, 3.63) is 83.7 Å². The van der Waals surface area contributed by atoms with Crippen molar-refractivity contribution in [3.63, 3.8) is 0 Å². The molecule has 1 aliphatic carbocycles. The monoisotopic (exact) mass is 570 g/mol. The summed E-state index contributed by atoms with van der Waals surface area (Å²) in [5.41, 5.74) is 10.3. The van der Waals surface area contributed by atoms with Gasteiger partial charge in [-0.25, -0.2) is 9.97 Å². The Kier molecular flexibility index (Phi) is 6.23. The number of likely N-dealkylation sites (tertiary alicyclic amines) is 1. The SMILES string of the molecule is C=CC(=O)N1CC2CC(n3c(Br)c(-c4ccc(C(=O)Nc5ccccc5)cc4)c4c(N)ncnc43)CC2C1. The Balaban J connectivity index is 1.31. The van der Waals surface area contributed by atoms with E-state index < -0.39 is 0 Å². The molecule has 2 aliphatic rings. The van der Waals surface area contributed by atoms with Crippen molar-refractivity contribution in [2.24, 2.45) is 11.8 Å². The summed E-state index contributed by atoms with van der Waals surface area (Å²) in [5.74, 6) is 1.13. The molecule has 2 aromatic heterocycles. The van der Waals surface area contributed by atoms with Crippen LogP contribution in [-0.2, 0) is 4.79 Å². The van der Waals surface area contributed by atoms with Gasteiger partial charge in [0.1, 0.15) is 17.8 Å². The molecular formula is C29H27BrN6O2. The second-order valence-corrected chi connectivity index (χ2v) is 10.7. The van der Waals surface area contributed by atoms with E-state index in [1.165, 1.54) is 12.4 Å². The van der Waals surface area contributed by atoms with Gasteiger partial charge in [0.2, 0.25) is 5.91 Å². The second-order valence-electron chi connectivity index (χ2n) is 9.98. The van der Waals surface area contributed by atoms with E-state index in [4.69, 9.17) is 5.73 Å². The molecule has 4 aromatic rings. The van der Waals surface area contributed by atoms with Gasteiger partial charge < -0.3 is 20.5 Å². The average Bonchev–Trinajstić information content (AvgIpc) is 3.59. The number of carbonyl (C=O) groups excluding carboxylic acids is 2. The Hall–Kier alpha value is -3.98. The summed E-state index contributed by atoms with van der Waals surface area (Å²) in [6, 6.07) is 17.1. The molecule has 192 valence electrons. The standard InChI is InChI=1S/C29H27BrN6O2/c1-2-23(37)35-14-19-12-22(13-20(19)15-35)36-26(30)24(25-27(31)32-16-33-28(25)36)17-8-10-18(11-9-17)29(38)34-21-6-4-3-5-7-21/h2-11,16,19-20,22H,1,12-15H2,(H,34,38)(H2,31,32,33). The normalized spacial score (nSPS) is 20.4. The quantitative estimate of drug-likeness (QED) is 0.317. The van der Waals surface area contributed by atoms with Crippen LogP contribution in [0.2, 0.25) is 0 Å². The molecule has 38 heavy (non-hydrogen) atoms. The number of nitrogens with zero attached hydrogens (tertiary/aromatic N) is 4. The predicted molar refractivity (Wildman–Crippen MR) is 151 cm³/mol. The summed E-state index contributed by atoms with van der Waals surface area (Å²) in [7, 11) is 0. The van der Waals surface area contributed by atoms with Gasteiger partial charge in [-0.2, -0.15) is 0 Å². The van der Waals surface area contributed by atoms with E-state index in [2.05, 4.69) is 42.4 Å². The van der Waals surface area contributed by atoms with E-state index in [9.17, 15) is 9.59 Å². The minimum absolute atomic E-state index is 0.00671. The fourth-order valence-electron chi connectivity index (χ4n) is 6.03. The van der Waals surface area contributed by atoms with E-state index >= 15 is 0 Å². The van der Waals surface area contributed by atoms with Gasteiger partial charge in [0.05, 0.1) is 9.99 Å². The highest BCUT2D eigenvalue weighted by Gasteiger charge is 2.43. The number of fused-ring (bicyclic) bond motifs is 2. The number of nitrogen functional groups attached to an aromatic ring is 1. The van der Waals surface area contributed by atoms with Crippen LogP contribution in [0, 0.1) is 11.8 Å². The molecule has 1 aliphatic heterocycles.